The molecule has 1 aromatic rings. The van der Waals surface area contributed by atoms with Crippen molar-refractivity contribution in [3.63, 3.8) is 0 Å². The molecule has 0 aromatic heterocycles. The van der Waals surface area contributed by atoms with Crippen molar-refractivity contribution in [3.05, 3.63) is 30.6 Å². The number of carbonyl (C=O) groups is 2. The lowest BCUT2D eigenvalue weighted by atomic mass is 10.0. The zero-order valence-electron chi connectivity index (χ0n) is 8.91. The molecule has 0 radical (unpaired) electrons. The highest BCUT2D eigenvalue weighted by molar-refractivity contribution is 9.11. The number of hydrogen-bond donors (Lipinski definition) is 3. The van der Waals surface area contributed by atoms with Crippen molar-refractivity contribution in [2.24, 2.45) is 11.5 Å². The van der Waals surface area contributed by atoms with E-state index in [-0.39, 0.29) is 12.0 Å². The normalized spacial score (nSPS) is 12.2. The Kier molecular flexibility index (Phi) is 5.32. The molecular weight excluding hydrogens is 436 g/mol. The fraction of sp³-hybridized carbons (Fsp3) is 0.200. The fourth-order valence-electron chi connectivity index (χ4n) is 1.35. The summed E-state index contributed by atoms with van der Waals surface area (Å²) in [7, 11) is 0. The van der Waals surface area contributed by atoms with E-state index in [1.54, 1.807) is 6.07 Å². The third kappa shape index (κ3) is 3.31. The molecule has 5 N–H and O–H groups in total. The van der Waals surface area contributed by atoms with E-state index in [1.807, 2.05) is 0 Å². The van der Waals surface area contributed by atoms with Gasteiger partial charge in [0.1, 0.15) is 6.04 Å². The van der Waals surface area contributed by atoms with E-state index in [9.17, 15) is 9.59 Å². The molecule has 8 heteroatoms. The van der Waals surface area contributed by atoms with E-state index in [4.69, 9.17) is 16.6 Å². The Morgan fingerprint density at radius 1 is 1.28 bits per heavy atom. The summed E-state index contributed by atoms with van der Waals surface area (Å²) in [4.78, 5) is 22.1. The Labute approximate surface area is 128 Å². The smallest absolute Gasteiger partial charge is 0.320 e. The summed E-state index contributed by atoms with van der Waals surface area (Å²) in [5, 5.41) is 8.80. The van der Waals surface area contributed by atoms with Crippen LogP contribution in [0.4, 0.5) is 0 Å². The molecule has 1 rings (SSSR count). The zero-order chi connectivity index (χ0) is 14.0. The molecule has 0 heterocycles. The quantitative estimate of drug-likeness (QED) is 0.660. The largest absolute Gasteiger partial charge is 0.480 e. The number of primary amides is 1. The van der Waals surface area contributed by atoms with Crippen LogP contribution in [0.2, 0.25) is 0 Å². The monoisotopic (exact) mass is 442 g/mol. The Morgan fingerprint density at radius 3 is 2.28 bits per heavy atom. The lowest BCUT2D eigenvalue weighted by molar-refractivity contribution is -0.138. The molecule has 0 aliphatic heterocycles. The van der Waals surface area contributed by atoms with Crippen molar-refractivity contribution in [2.45, 2.75) is 12.5 Å². The van der Waals surface area contributed by atoms with Crippen LogP contribution in [0.3, 0.4) is 0 Å². The fourth-order valence-corrected chi connectivity index (χ4v) is 4.19. The number of carbonyl (C=O) groups excluding carboxylic acids is 1. The maximum absolute atomic E-state index is 11.3. The van der Waals surface area contributed by atoms with Crippen LogP contribution in [0.1, 0.15) is 15.9 Å². The van der Waals surface area contributed by atoms with E-state index in [0.717, 1.165) is 0 Å². The Morgan fingerprint density at radius 2 is 1.83 bits per heavy atom. The van der Waals surface area contributed by atoms with E-state index in [1.165, 1.54) is 0 Å². The van der Waals surface area contributed by atoms with Crippen molar-refractivity contribution in [3.8, 4) is 0 Å². The van der Waals surface area contributed by atoms with Gasteiger partial charge in [0.05, 0.1) is 5.56 Å². The van der Waals surface area contributed by atoms with E-state index >= 15 is 0 Å². The Balaban J connectivity index is 3.32. The van der Waals surface area contributed by atoms with Gasteiger partial charge in [-0.1, -0.05) is 15.9 Å². The predicted molar refractivity (Wildman–Crippen MR) is 77.4 cm³/mol. The van der Waals surface area contributed by atoms with Crippen LogP contribution in [-0.2, 0) is 11.2 Å². The van der Waals surface area contributed by atoms with Crippen LogP contribution in [0, 0.1) is 0 Å². The van der Waals surface area contributed by atoms with Gasteiger partial charge in [0, 0.05) is 19.8 Å². The van der Waals surface area contributed by atoms with Crippen molar-refractivity contribution in [1.82, 2.24) is 0 Å². The van der Waals surface area contributed by atoms with Crippen LogP contribution < -0.4 is 11.5 Å². The lowest BCUT2D eigenvalue weighted by Crippen LogP contribution is -2.32. The van der Waals surface area contributed by atoms with Gasteiger partial charge < -0.3 is 16.6 Å². The molecule has 1 aromatic carbocycles. The van der Waals surface area contributed by atoms with E-state index < -0.39 is 17.9 Å². The van der Waals surface area contributed by atoms with Gasteiger partial charge in [-0.05, 0) is 43.5 Å². The zero-order valence-corrected chi connectivity index (χ0v) is 13.7. The van der Waals surface area contributed by atoms with Gasteiger partial charge in [-0.25, -0.2) is 0 Å². The van der Waals surface area contributed by atoms with Crippen molar-refractivity contribution in [1.29, 1.82) is 0 Å². The number of amides is 1. The van der Waals surface area contributed by atoms with Crippen LogP contribution in [-0.4, -0.2) is 23.0 Å². The van der Waals surface area contributed by atoms with Crippen LogP contribution in [0.15, 0.2) is 19.5 Å². The third-order valence-corrected chi connectivity index (χ3v) is 4.46. The average molecular weight is 445 g/mol. The number of benzene rings is 1. The van der Waals surface area contributed by atoms with E-state index in [2.05, 4.69) is 47.8 Å². The van der Waals surface area contributed by atoms with Crippen LogP contribution in [0.5, 0.6) is 0 Å². The second-order valence-corrected chi connectivity index (χ2v) is 6.02. The molecule has 0 aliphatic carbocycles. The van der Waals surface area contributed by atoms with Crippen LogP contribution in [0.25, 0.3) is 0 Å². The minimum Gasteiger partial charge on any atom is -0.480 e. The molecule has 98 valence electrons. The number of halogens is 3. The molecule has 0 spiro atoms. The number of nitrogens with two attached hydrogens (primary N) is 2. The molecule has 0 saturated heterocycles. The highest BCUT2D eigenvalue weighted by atomic mass is 79.9. The number of aliphatic carboxylic acids is 1. The van der Waals surface area contributed by atoms with Gasteiger partial charge in [0.25, 0.3) is 5.91 Å². The number of hydrogen-bond acceptors (Lipinski definition) is 3. The second kappa shape index (κ2) is 6.14. The van der Waals surface area contributed by atoms with Crippen molar-refractivity contribution in [2.75, 3.05) is 0 Å². The summed E-state index contributed by atoms with van der Waals surface area (Å²) in [6, 6.07) is 0.578. The minimum atomic E-state index is -1.11. The maximum atomic E-state index is 11.3. The molecule has 1 unspecified atom stereocenters. The molecule has 0 saturated carbocycles. The van der Waals surface area contributed by atoms with E-state index in [0.29, 0.717) is 19.0 Å². The summed E-state index contributed by atoms with van der Waals surface area (Å²) >= 11 is 9.77. The lowest BCUT2D eigenvalue weighted by Gasteiger charge is -2.14. The first kappa shape index (κ1) is 15.6. The van der Waals surface area contributed by atoms with Gasteiger partial charge >= 0.3 is 5.97 Å². The maximum Gasteiger partial charge on any atom is 0.320 e. The molecule has 1 atom stereocenters. The van der Waals surface area contributed by atoms with Crippen LogP contribution >= 0.6 is 47.8 Å². The summed E-state index contributed by atoms with van der Waals surface area (Å²) in [5.41, 5.74) is 11.6. The number of rotatable bonds is 4. The van der Waals surface area contributed by atoms with Gasteiger partial charge in [-0.15, -0.1) is 0 Å². The highest BCUT2D eigenvalue weighted by Crippen LogP contribution is 2.35. The number of carboxylic acid groups (broad SMARTS) is 1. The minimum absolute atomic E-state index is 0.0735. The second-order valence-electron chi connectivity index (χ2n) is 3.52. The van der Waals surface area contributed by atoms with Crippen molar-refractivity contribution < 1.29 is 14.7 Å². The predicted octanol–water partition coefficient (Wildman–Crippen LogP) is 2.03. The standard InChI is InChI=1S/C10H9Br3N2O3/c11-4-2-5(12)7(9(15)16)8(13)3(4)1-6(14)10(17)18/h2,6H,1,14H2,(H2,15,16)(H,17,18). The van der Waals surface area contributed by atoms with Gasteiger partial charge in [-0.3, -0.25) is 9.59 Å². The molecule has 0 fully saturated rings. The summed E-state index contributed by atoms with van der Waals surface area (Å²) < 4.78 is 1.59. The van der Waals surface area contributed by atoms with Gasteiger partial charge in [0.2, 0.25) is 0 Å². The SMILES string of the molecule is NC(=O)c1c(Br)cc(Br)c(CC(N)C(=O)O)c1Br. The summed E-state index contributed by atoms with van der Waals surface area (Å²) in [6.07, 6.45) is 0.0735. The third-order valence-electron chi connectivity index (χ3n) is 2.25. The molecule has 5 nitrogen and oxygen atoms in total. The Hall–Kier alpha value is -0.440. The first-order valence-corrected chi connectivity index (χ1v) is 7.08. The van der Waals surface area contributed by atoms with Gasteiger partial charge in [-0.2, -0.15) is 0 Å². The first-order valence-electron chi connectivity index (χ1n) is 4.70. The molecule has 18 heavy (non-hydrogen) atoms. The topological polar surface area (TPSA) is 106 Å². The van der Waals surface area contributed by atoms with Crippen molar-refractivity contribution >= 4 is 59.7 Å². The first-order chi connectivity index (χ1) is 8.25. The summed E-state index contributed by atoms with van der Waals surface area (Å²) in [6.45, 7) is 0. The molecule has 0 aliphatic rings. The number of carboxylic acids is 1. The molecule has 1 amide bonds. The highest BCUT2D eigenvalue weighted by Gasteiger charge is 2.21. The van der Waals surface area contributed by atoms with Gasteiger partial charge in [0.15, 0.2) is 0 Å². The average Bonchev–Trinajstić information content (AvgIpc) is 2.22. The molecular formula is C10H9Br3N2O3. The Bertz CT molecular complexity index is 520. The summed E-state index contributed by atoms with van der Waals surface area (Å²) in [5.74, 6) is -1.73. The molecule has 0 bridgehead atoms.